The molecule has 1 aromatic heterocycles. The fourth-order valence-electron chi connectivity index (χ4n) is 1.10. The monoisotopic (exact) mass is 189 g/mol. The molecule has 0 unspecified atom stereocenters. The highest BCUT2D eigenvalue weighted by molar-refractivity contribution is 5.57. The molecule has 0 amide bonds. The summed E-state index contributed by atoms with van der Waals surface area (Å²) in [6, 6.07) is 9.98. The summed E-state index contributed by atoms with van der Waals surface area (Å²) in [7, 11) is 0. The first-order valence-corrected chi connectivity index (χ1v) is 4.84. The lowest BCUT2D eigenvalue weighted by Crippen LogP contribution is -1.75. The molecule has 0 fully saturated rings. The van der Waals surface area contributed by atoms with Crippen molar-refractivity contribution in [1.82, 2.24) is 4.98 Å². The summed E-state index contributed by atoms with van der Waals surface area (Å²) >= 11 is 0. The lowest BCUT2D eigenvalue weighted by molar-refractivity contribution is 0.521. The zero-order chi connectivity index (χ0) is 10.4. The van der Waals surface area contributed by atoms with Gasteiger partial charge in [-0.15, -0.1) is 0 Å². The van der Waals surface area contributed by atoms with Crippen LogP contribution >= 0.6 is 0 Å². The fraction of sp³-hybridized carbons (Fsp3) is 0.250. The second-order valence-electron chi connectivity index (χ2n) is 2.62. The van der Waals surface area contributed by atoms with Crippen LogP contribution in [0.2, 0.25) is 0 Å². The molecule has 0 aliphatic carbocycles. The van der Waals surface area contributed by atoms with Crippen LogP contribution in [0.15, 0.2) is 41.0 Å². The smallest absolute Gasteiger partial charge is 0.191 e. The first-order chi connectivity index (χ1) is 6.86. The Bertz CT molecular complexity index is 365. The molecule has 0 radical (unpaired) electrons. The summed E-state index contributed by atoms with van der Waals surface area (Å²) < 4.78 is 5.11. The van der Waals surface area contributed by atoms with Gasteiger partial charge in [-0.25, -0.2) is 4.98 Å². The fourth-order valence-corrected chi connectivity index (χ4v) is 1.10. The molecule has 0 saturated heterocycles. The highest BCUT2D eigenvalue weighted by atomic mass is 16.3. The van der Waals surface area contributed by atoms with Crippen molar-refractivity contribution in [2.45, 2.75) is 20.8 Å². The van der Waals surface area contributed by atoms with Gasteiger partial charge in [0.1, 0.15) is 12.0 Å². The highest BCUT2D eigenvalue weighted by Gasteiger charge is 2.00. The maximum absolute atomic E-state index is 5.11. The summed E-state index contributed by atoms with van der Waals surface area (Å²) in [4.78, 5) is 4.21. The van der Waals surface area contributed by atoms with E-state index in [9.17, 15) is 0 Å². The van der Waals surface area contributed by atoms with Gasteiger partial charge in [-0.2, -0.15) is 0 Å². The highest BCUT2D eigenvalue weighted by Crippen LogP contribution is 2.16. The van der Waals surface area contributed by atoms with E-state index in [2.05, 4.69) is 4.98 Å². The third kappa shape index (κ3) is 2.46. The van der Waals surface area contributed by atoms with Crippen molar-refractivity contribution < 1.29 is 4.42 Å². The molecule has 0 aliphatic heterocycles. The van der Waals surface area contributed by atoms with Crippen LogP contribution in [-0.2, 0) is 0 Å². The molecular weight excluding hydrogens is 174 g/mol. The Morgan fingerprint density at radius 2 is 1.71 bits per heavy atom. The molecule has 74 valence electrons. The zero-order valence-electron chi connectivity index (χ0n) is 8.82. The van der Waals surface area contributed by atoms with Crippen molar-refractivity contribution in [3.63, 3.8) is 0 Å². The van der Waals surface area contributed by atoms with Crippen LogP contribution in [0.5, 0.6) is 0 Å². The van der Waals surface area contributed by atoms with Crippen molar-refractivity contribution in [2.24, 2.45) is 0 Å². The Hall–Kier alpha value is -1.57. The number of nitrogens with zero attached hydrogens (tertiary/aromatic N) is 1. The van der Waals surface area contributed by atoms with Crippen molar-refractivity contribution in [3.05, 3.63) is 42.5 Å². The van der Waals surface area contributed by atoms with Gasteiger partial charge in [-0.3, -0.25) is 0 Å². The first-order valence-electron chi connectivity index (χ1n) is 4.84. The maximum atomic E-state index is 5.11. The number of benzene rings is 1. The Morgan fingerprint density at radius 1 is 1.07 bits per heavy atom. The van der Waals surface area contributed by atoms with Gasteiger partial charge in [-0.1, -0.05) is 44.2 Å². The molecule has 2 rings (SSSR count). The third-order valence-electron chi connectivity index (χ3n) is 1.69. The van der Waals surface area contributed by atoms with E-state index in [-0.39, 0.29) is 0 Å². The molecule has 14 heavy (non-hydrogen) atoms. The molecule has 0 atom stereocenters. The third-order valence-corrected chi connectivity index (χ3v) is 1.69. The van der Waals surface area contributed by atoms with E-state index in [1.165, 1.54) is 0 Å². The standard InChI is InChI=1S/C10H9NO.C2H6/c1-8-11-10(7-12-8)9-5-3-2-4-6-9;1-2/h2-7H,1H3;1-2H3. The molecule has 2 nitrogen and oxygen atoms in total. The van der Waals surface area contributed by atoms with Crippen molar-refractivity contribution in [2.75, 3.05) is 0 Å². The number of hydrogen-bond donors (Lipinski definition) is 0. The summed E-state index contributed by atoms with van der Waals surface area (Å²) in [5, 5.41) is 0. The van der Waals surface area contributed by atoms with Crippen molar-refractivity contribution in [1.29, 1.82) is 0 Å². The van der Waals surface area contributed by atoms with Gasteiger partial charge in [0.25, 0.3) is 0 Å². The zero-order valence-corrected chi connectivity index (χ0v) is 8.82. The van der Waals surface area contributed by atoms with E-state index in [1.54, 1.807) is 6.26 Å². The van der Waals surface area contributed by atoms with Crippen molar-refractivity contribution >= 4 is 0 Å². The number of aryl methyl sites for hydroxylation is 1. The van der Waals surface area contributed by atoms with Crippen LogP contribution in [0.3, 0.4) is 0 Å². The van der Waals surface area contributed by atoms with Crippen LogP contribution in [-0.4, -0.2) is 4.98 Å². The Kier molecular flexibility index (Phi) is 3.92. The van der Waals surface area contributed by atoms with E-state index in [0.717, 1.165) is 11.3 Å². The Balaban J connectivity index is 0.000000461. The lowest BCUT2D eigenvalue weighted by Gasteiger charge is -1.91. The minimum atomic E-state index is 0.703. The SMILES string of the molecule is CC.Cc1nc(-c2ccccc2)co1. The van der Waals surface area contributed by atoms with Gasteiger partial charge in [-0.05, 0) is 0 Å². The Labute approximate surface area is 84.6 Å². The molecule has 0 N–H and O–H groups in total. The number of hydrogen-bond acceptors (Lipinski definition) is 2. The predicted molar refractivity (Wildman–Crippen MR) is 58.0 cm³/mol. The van der Waals surface area contributed by atoms with Crippen LogP contribution < -0.4 is 0 Å². The second-order valence-corrected chi connectivity index (χ2v) is 2.62. The van der Waals surface area contributed by atoms with Gasteiger partial charge in [0.05, 0.1) is 0 Å². The number of aromatic nitrogens is 1. The van der Waals surface area contributed by atoms with E-state index in [1.807, 2.05) is 51.1 Å². The average Bonchev–Trinajstić information content (AvgIpc) is 2.69. The van der Waals surface area contributed by atoms with Crippen LogP contribution in [0.1, 0.15) is 19.7 Å². The number of oxazole rings is 1. The molecule has 2 heteroatoms. The van der Waals surface area contributed by atoms with Gasteiger partial charge in [0.2, 0.25) is 0 Å². The molecule has 0 spiro atoms. The minimum absolute atomic E-state index is 0.703. The van der Waals surface area contributed by atoms with E-state index >= 15 is 0 Å². The summed E-state index contributed by atoms with van der Waals surface area (Å²) in [6.07, 6.45) is 1.67. The molecule has 1 heterocycles. The van der Waals surface area contributed by atoms with E-state index < -0.39 is 0 Å². The number of rotatable bonds is 1. The van der Waals surface area contributed by atoms with Crippen LogP contribution in [0.25, 0.3) is 11.3 Å². The molecule has 0 saturated carbocycles. The molecular formula is C12H15NO. The predicted octanol–water partition coefficient (Wildman–Crippen LogP) is 3.68. The average molecular weight is 189 g/mol. The minimum Gasteiger partial charge on any atom is -0.449 e. The molecule has 1 aromatic carbocycles. The topological polar surface area (TPSA) is 26.0 Å². The van der Waals surface area contributed by atoms with Crippen molar-refractivity contribution in [3.8, 4) is 11.3 Å². The van der Waals surface area contributed by atoms with Gasteiger partial charge in [0.15, 0.2) is 5.89 Å². The molecule has 0 bridgehead atoms. The summed E-state index contributed by atoms with van der Waals surface area (Å²) in [6.45, 7) is 5.84. The van der Waals surface area contributed by atoms with Gasteiger partial charge in [0, 0.05) is 12.5 Å². The normalized spacial score (nSPS) is 9.07. The first kappa shape index (κ1) is 10.5. The largest absolute Gasteiger partial charge is 0.449 e. The second kappa shape index (κ2) is 5.22. The van der Waals surface area contributed by atoms with Crippen LogP contribution in [0.4, 0.5) is 0 Å². The Morgan fingerprint density at radius 3 is 2.21 bits per heavy atom. The van der Waals surface area contributed by atoms with Gasteiger partial charge < -0.3 is 4.42 Å². The van der Waals surface area contributed by atoms with E-state index in [0.29, 0.717) is 5.89 Å². The quantitative estimate of drug-likeness (QED) is 0.684. The summed E-state index contributed by atoms with van der Waals surface area (Å²) in [5.41, 5.74) is 1.99. The maximum Gasteiger partial charge on any atom is 0.191 e. The van der Waals surface area contributed by atoms with Gasteiger partial charge >= 0.3 is 0 Å². The van der Waals surface area contributed by atoms with E-state index in [4.69, 9.17) is 4.42 Å². The summed E-state index contributed by atoms with van der Waals surface area (Å²) in [5.74, 6) is 0.703. The van der Waals surface area contributed by atoms with Crippen LogP contribution in [0, 0.1) is 6.92 Å². The molecule has 2 aromatic rings. The lowest BCUT2D eigenvalue weighted by atomic mass is 10.2. The molecule has 0 aliphatic rings.